The number of anilines is 1. The molecular formula is C4H8N4S. The summed E-state index contributed by atoms with van der Waals surface area (Å²) >= 11 is 1.33. The molecule has 0 unspecified atom stereocenters. The van der Waals surface area contributed by atoms with Gasteiger partial charge in [-0.15, -0.1) is 10.2 Å². The van der Waals surface area contributed by atoms with Gasteiger partial charge in [-0.2, -0.15) is 0 Å². The van der Waals surface area contributed by atoms with E-state index in [0.717, 1.165) is 5.01 Å². The maximum atomic E-state index is 5.48. The zero-order valence-corrected chi connectivity index (χ0v) is 5.85. The molecule has 0 aliphatic heterocycles. The molecule has 1 heterocycles. The van der Waals surface area contributed by atoms with E-state index in [1.54, 1.807) is 0 Å². The zero-order valence-electron chi connectivity index (χ0n) is 5.03. The Hall–Kier alpha value is -0.680. The highest BCUT2D eigenvalue weighted by atomic mass is 32.1. The second kappa shape index (κ2) is 2.28. The third kappa shape index (κ3) is 1.36. The monoisotopic (exact) mass is 144 g/mol. The van der Waals surface area contributed by atoms with Crippen LogP contribution in [0.4, 0.5) is 5.13 Å². The van der Waals surface area contributed by atoms with Crippen LogP contribution in [0.2, 0.25) is 0 Å². The molecule has 9 heavy (non-hydrogen) atoms. The Morgan fingerprint density at radius 1 is 1.56 bits per heavy atom. The molecule has 1 atom stereocenters. The van der Waals surface area contributed by atoms with Crippen LogP contribution in [0, 0.1) is 0 Å². The molecule has 0 aliphatic carbocycles. The Morgan fingerprint density at radius 2 is 2.22 bits per heavy atom. The van der Waals surface area contributed by atoms with Crippen LogP contribution in [0.15, 0.2) is 0 Å². The smallest absolute Gasteiger partial charge is 0.203 e. The number of rotatable bonds is 1. The third-order valence-corrected chi connectivity index (χ3v) is 1.80. The quantitative estimate of drug-likeness (QED) is 0.587. The van der Waals surface area contributed by atoms with E-state index < -0.39 is 0 Å². The van der Waals surface area contributed by atoms with E-state index >= 15 is 0 Å². The van der Waals surface area contributed by atoms with Crippen molar-refractivity contribution in [2.75, 3.05) is 5.73 Å². The summed E-state index contributed by atoms with van der Waals surface area (Å²) in [6.45, 7) is 1.85. The molecule has 4 N–H and O–H groups in total. The van der Waals surface area contributed by atoms with E-state index in [4.69, 9.17) is 11.5 Å². The van der Waals surface area contributed by atoms with Crippen LogP contribution >= 0.6 is 11.3 Å². The first-order valence-corrected chi connectivity index (χ1v) is 3.36. The summed E-state index contributed by atoms with van der Waals surface area (Å²) in [5.41, 5.74) is 10.8. The molecule has 0 bridgehead atoms. The number of nitrogens with zero attached hydrogens (tertiary/aromatic N) is 2. The normalized spacial score (nSPS) is 13.6. The fraction of sp³-hybridized carbons (Fsp3) is 0.500. The van der Waals surface area contributed by atoms with E-state index in [0.29, 0.717) is 5.13 Å². The van der Waals surface area contributed by atoms with Gasteiger partial charge in [0.2, 0.25) is 5.13 Å². The van der Waals surface area contributed by atoms with Gasteiger partial charge in [0, 0.05) is 0 Å². The van der Waals surface area contributed by atoms with Gasteiger partial charge in [0.05, 0.1) is 6.04 Å². The van der Waals surface area contributed by atoms with Crippen molar-refractivity contribution in [3.05, 3.63) is 5.01 Å². The van der Waals surface area contributed by atoms with E-state index in [2.05, 4.69) is 10.2 Å². The Balaban J connectivity index is 2.85. The molecule has 0 saturated heterocycles. The van der Waals surface area contributed by atoms with Crippen molar-refractivity contribution in [3.63, 3.8) is 0 Å². The summed E-state index contributed by atoms with van der Waals surface area (Å²) in [5, 5.41) is 8.60. The fourth-order valence-electron chi connectivity index (χ4n) is 0.431. The van der Waals surface area contributed by atoms with E-state index in [9.17, 15) is 0 Å². The molecule has 0 spiro atoms. The summed E-state index contributed by atoms with van der Waals surface area (Å²) in [6, 6.07) is -0.0557. The van der Waals surface area contributed by atoms with E-state index in [-0.39, 0.29) is 6.04 Å². The van der Waals surface area contributed by atoms with Gasteiger partial charge in [-0.25, -0.2) is 0 Å². The lowest BCUT2D eigenvalue weighted by Crippen LogP contribution is -2.03. The van der Waals surface area contributed by atoms with Crippen molar-refractivity contribution < 1.29 is 0 Å². The van der Waals surface area contributed by atoms with Crippen LogP contribution in [0.1, 0.15) is 18.0 Å². The molecule has 1 rings (SSSR count). The molecule has 0 fully saturated rings. The predicted octanol–water partition coefficient (Wildman–Crippen LogP) is 0.140. The molecular weight excluding hydrogens is 136 g/mol. The van der Waals surface area contributed by atoms with Gasteiger partial charge >= 0.3 is 0 Å². The molecule has 50 valence electrons. The lowest BCUT2D eigenvalue weighted by molar-refractivity contribution is 0.786. The van der Waals surface area contributed by atoms with Crippen molar-refractivity contribution >= 4 is 16.5 Å². The molecule has 0 aliphatic rings. The molecule has 4 nitrogen and oxygen atoms in total. The van der Waals surface area contributed by atoms with Gasteiger partial charge in [0.15, 0.2) is 0 Å². The Bertz CT molecular complexity index is 194. The van der Waals surface area contributed by atoms with Crippen molar-refractivity contribution in [2.24, 2.45) is 5.73 Å². The predicted molar refractivity (Wildman–Crippen MR) is 36.9 cm³/mol. The number of hydrogen-bond donors (Lipinski definition) is 2. The first kappa shape index (κ1) is 6.44. The van der Waals surface area contributed by atoms with Gasteiger partial charge in [-0.1, -0.05) is 11.3 Å². The first-order valence-electron chi connectivity index (χ1n) is 2.54. The van der Waals surface area contributed by atoms with Crippen molar-refractivity contribution in [1.29, 1.82) is 0 Å². The van der Waals surface area contributed by atoms with E-state index in [1.807, 2.05) is 6.92 Å². The highest BCUT2D eigenvalue weighted by molar-refractivity contribution is 7.15. The average Bonchev–Trinajstić information content (AvgIpc) is 2.14. The lowest BCUT2D eigenvalue weighted by atomic mass is 10.4. The average molecular weight is 144 g/mol. The van der Waals surface area contributed by atoms with Crippen LogP contribution in [-0.4, -0.2) is 10.2 Å². The molecule has 0 amide bonds. The van der Waals surface area contributed by atoms with Crippen LogP contribution in [0.25, 0.3) is 0 Å². The topological polar surface area (TPSA) is 77.8 Å². The number of hydrogen-bond acceptors (Lipinski definition) is 5. The minimum Gasteiger partial charge on any atom is -0.374 e. The second-order valence-corrected chi connectivity index (χ2v) is 2.81. The molecule has 0 aromatic carbocycles. The standard InChI is InChI=1S/C4H8N4S/c1-2(5)3-7-8-4(6)9-3/h2H,5H2,1H3,(H2,6,8)/t2-/m0/s1. The van der Waals surface area contributed by atoms with Crippen LogP contribution in [-0.2, 0) is 0 Å². The molecule has 1 aromatic heterocycles. The highest BCUT2D eigenvalue weighted by Gasteiger charge is 2.03. The summed E-state index contributed by atoms with van der Waals surface area (Å²) in [7, 11) is 0. The van der Waals surface area contributed by atoms with Gasteiger partial charge < -0.3 is 11.5 Å². The SMILES string of the molecule is C[C@H](N)c1nnc(N)s1. The maximum absolute atomic E-state index is 5.48. The summed E-state index contributed by atoms with van der Waals surface area (Å²) in [5.74, 6) is 0. The van der Waals surface area contributed by atoms with Crippen LogP contribution < -0.4 is 11.5 Å². The minimum absolute atomic E-state index is 0.0557. The number of nitrogens with two attached hydrogens (primary N) is 2. The number of nitrogen functional groups attached to an aromatic ring is 1. The van der Waals surface area contributed by atoms with E-state index in [1.165, 1.54) is 11.3 Å². The van der Waals surface area contributed by atoms with Crippen molar-refractivity contribution in [3.8, 4) is 0 Å². The Morgan fingerprint density at radius 3 is 2.44 bits per heavy atom. The molecule has 0 radical (unpaired) electrons. The maximum Gasteiger partial charge on any atom is 0.203 e. The Labute approximate surface area is 56.9 Å². The van der Waals surface area contributed by atoms with Crippen molar-refractivity contribution in [1.82, 2.24) is 10.2 Å². The zero-order chi connectivity index (χ0) is 6.85. The highest BCUT2D eigenvalue weighted by Crippen LogP contribution is 2.15. The van der Waals surface area contributed by atoms with Gasteiger partial charge in [0.25, 0.3) is 0 Å². The largest absolute Gasteiger partial charge is 0.374 e. The van der Waals surface area contributed by atoms with Crippen molar-refractivity contribution in [2.45, 2.75) is 13.0 Å². The van der Waals surface area contributed by atoms with Crippen LogP contribution in [0.3, 0.4) is 0 Å². The van der Waals surface area contributed by atoms with Gasteiger partial charge in [0.1, 0.15) is 5.01 Å². The first-order chi connectivity index (χ1) is 4.20. The minimum atomic E-state index is -0.0557. The summed E-state index contributed by atoms with van der Waals surface area (Å²) < 4.78 is 0. The third-order valence-electron chi connectivity index (χ3n) is 0.846. The Kier molecular flexibility index (Phi) is 1.63. The summed E-state index contributed by atoms with van der Waals surface area (Å²) in [4.78, 5) is 0. The lowest BCUT2D eigenvalue weighted by Gasteiger charge is -1.93. The molecule has 1 aromatic rings. The molecule has 5 heteroatoms. The summed E-state index contributed by atoms with van der Waals surface area (Å²) in [6.07, 6.45) is 0. The number of aromatic nitrogens is 2. The van der Waals surface area contributed by atoms with Gasteiger partial charge in [-0.05, 0) is 6.92 Å². The second-order valence-electron chi connectivity index (χ2n) is 1.77. The fourth-order valence-corrected chi connectivity index (χ4v) is 0.994. The van der Waals surface area contributed by atoms with Crippen LogP contribution in [0.5, 0.6) is 0 Å². The molecule has 0 saturated carbocycles. The van der Waals surface area contributed by atoms with Gasteiger partial charge in [-0.3, -0.25) is 0 Å².